The van der Waals surface area contributed by atoms with E-state index in [9.17, 15) is 5.11 Å². The van der Waals surface area contributed by atoms with Crippen molar-refractivity contribution in [3.63, 3.8) is 0 Å². The molecule has 0 amide bonds. The summed E-state index contributed by atoms with van der Waals surface area (Å²) in [4.78, 5) is 10.5. The van der Waals surface area contributed by atoms with Crippen LogP contribution in [0.15, 0.2) is 37.1 Å². The van der Waals surface area contributed by atoms with Crippen LogP contribution in [-0.2, 0) is 7.05 Å². The molecule has 0 aromatic carbocycles. The van der Waals surface area contributed by atoms with E-state index in [0.717, 1.165) is 17.8 Å². The molecule has 6 heteroatoms. The highest BCUT2D eigenvalue weighted by atomic mass is 16.3. The molecule has 1 unspecified atom stereocenters. The second-order valence-corrected chi connectivity index (χ2v) is 5.55. The third kappa shape index (κ3) is 3.49. The van der Waals surface area contributed by atoms with Crippen molar-refractivity contribution in [2.75, 3.05) is 17.7 Å². The van der Waals surface area contributed by atoms with E-state index in [1.54, 1.807) is 17.2 Å². The maximum absolute atomic E-state index is 10.4. The first kappa shape index (κ1) is 17.7. The minimum Gasteiger partial charge on any atom is -0.383 e. The molecule has 3 N–H and O–H groups in total. The fraction of sp³-hybridized carbons (Fsp3) is 0.333. The van der Waals surface area contributed by atoms with E-state index in [1.807, 2.05) is 42.9 Å². The largest absolute Gasteiger partial charge is 0.383 e. The van der Waals surface area contributed by atoms with E-state index in [4.69, 9.17) is 5.73 Å². The molecule has 0 aliphatic heterocycles. The summed E-state index contributed by atoms with van der Waals surface area (Å²) in [6.07, 6.45) is 8.17. The van der Waals surface area contributed by atoms with Gasteiger partial charge in [0.15, 0.2) is 0 Å². The maximum Gasteiger partial charge on any atom is 0.145 e. The molecule has 6 nitrogen and oxygen atoms in total. The molecule has 0 aliphatic carbocycles. The molecule has 0 spiro atoms. The average molecular weight is 327 g/mol. The molecule has 0 saturated heterocycles. The smallest absolute Gasteiger partial charge is 0.145 e. The van der Waals surface area contributed by atoms with Gasteiger partial charge in [-0.05, 0) is 24.6 Å². The molecule has 0 aliphatic rings. The number of imidazole rings is 1. The molecule has 0 saturated carbocycles. The molecule has 2 aromatic rings. The predicted molar refractivity (Wildman–Crippen MR) is 99.4 cm³/mol. The molecule has 2 heterocycles. The minimum atomic E-state index is -0.652. The zero-order valence-corrected chi connectivity index (χ0v) is 14.5. The zero-order valence-electron chi connectivity index (χ0n) is 14.5. The topological polar surface area (TPSA) is 80.2 Å². The zero-order chi connectivity index (χ0) is 17.7. The van der Waals surface area contributed by atoms with Gasteiger partial charge < -0.3 is 20.3 Å². The highest BCUT2D eigenvalue weighted by Crippen LogP contribution is 2.31. The van der Waals surface area contributed by atoms with Crippen LogP contribution in [0.25, 0.3) is 17.5 Å². The number of nitrogens with zero attached hydrogens (tertiary/aromatic N) is 4. The lowest BCUT2D eigenvalue weighted by Crippen LogP contribution is -2.32. The standard InChI is InChI=1S/C18H25N5O/c1-5-7-8-11-15(24)22(3)18-14(6-2)21-17(23(18)4)13-10-9-12-20-16(13)19/h6-10,12,15,24H,2,5,11H2,1,3-4H3,(H2,19,20)/b8-7-. The highest BCUT2D eigenvalue weighted by Gasteiger charge is 2.22. The average Bonchev–Trinajstić information content (AvgIpc) is 2.91. The first-order valence-electron chi connectivity index (χ1n) is 7.97. The van der Waals surface area contributed by atoms with Gasteiger partial charge in [-0.15, -0.1) is 0 Å². The number of rotatable bonds is 7. The molecule has 2 rings (SSSR count). The molecular formula is C18H25N5O. The molecular weight excluding hydrogens is 302 g/mol. The summed E-state index contributed by atoms with van der Waals surface area (Å²) in [5, 5.41) is 10.4. The highest BCUT2D eigenvalue weighted by molar-refractivity contribution is 5.74. The Kier molecular flexibility index (Phi) is 5.76. The monoisotopic (exact) mass is 327 g/mol. The number of aliphatic hydroxyl groups excluding tert-OH is 1. The molecule has 0 fully saturated rings. The van der Waals surface area contributed by atoms with Gasteiger partial charge >= 0.3 is 0 Å². The van der Waals surface area contributed by atoms with Gasteiger partial charge in [0.1, 0.15) is 29.4 Å². The Hall–Kier alpha value is -2.60. The van der Waals surface area contributed by atoms with Crippen molar-refractivity contribution in [3.05, 3.63) is 42.8 Å². The lowest BCUT2D eigenvalue weighted by Gasteiger charge is -2.25. The third-order valence-electron chi connectivity index (χ3n) is 3.89. The van der Waals surface area contributed by atoms with Crippen molar-refractivity contribution >= 4 is 17.7 Å². The SMILES string of the molecule is C=Cc1nc(-c2cccnc2N)n(C)c1N(C)C(O)C/C=C\CC. The summed E-state index contributed by atoms with van der Waals surface area (Å²) in [6.45, 7) is 5.90. The van der Waals surface area contributed by atoms with Crippen LogP contribution in [0.2, 0.25) is 0 Å². The maximum atomic E-state index is 10.4. The van der Waals surface area contributed by atoms with E-state index < -0.39 is 6.23 Å². The van der Waals surface area contributed by atoms with Gasteiger partial charge in [0.25, 0.3) is 0 Å². The summed E-state index contributed by atoms with van der Waals surface area (Å²) in [7, 11) is 3.73. The van der Waals surface area contributed by atoms with E-state index in [2.05, 4.69) is 23.5 Å². The quantitative estimate of drug-likeness (QED) is 0.604. The van der Waals surface area contributed by atoms with Gasteiger partial charge in [-0.1, -0.05) is 25.7 Å². The fourth-order valence-corrected chi connectivity index (χ4v) is 2.60. The molecule has 24 heavy (non-hydrogen) atoms. The summed E-state index contributed by atoms with van der Waals surface area (Å²) >= 11 is 0. The Morgan fingerprint density at radius 3 is 2.83 bits per heavy atom. The summed E-state index contributed by atoms with van der Waals surface area (Å²) in [6, 6.07) is 3.70. The number of hydrogen-bond acceptors (Lipinski definition) is 5. The number of pyridine rings is 1. The molecule has 0 radical (unpaired) electrons. The molecule has 2 aromatic heterocycles. The second-order valence-electron chi connectivity index (χ2n) is 5.55. The number of nitrogen functional groups attached to an aromatic ring is 1. The molecule has 128 valence electrons. The van der Waals surface area contributed by atoms with E-state index in [-0.39, 0.29) is 0 Å². The summed E-state index contributed by atoms with van der Waals surface area (Å²) in [5.74, 6) is 1.89. The van der Waals surface area contributed by atoms with Gasteiger partial charge in [0, 0.05) is 26.7 Å². The second kappa shape index (κ2) is 7.79. The van der Waals surface area contributed by atoms with Crippen LogP contribution >= 0.6 is 0 Å². The van der Waals surface area contributed by atoms with Crippen molar-refractivity contribution in [3.8, 4) is 11.4 Å². The van der Waals surface area contributed by atoms with Gasteiger partial charge in [0.2, 0.25) is 0 Å². The third-order valence-corrected chi connectivity index (χ3v) is 3.89. The molecule has 0 bridgehead atoms. The first-order chi connectivity index (χ1) is 11.5. The lowest BCUT2D eigenvalue weighted by atomic mass is 10.2. The van der Waals surface area contributed by atoms with Crippen molar-refractivity contribution in [1.82, 2.24) is 14.5 Å². The Morgan fingerprint density at radius 1 is 1.46 bits per heavy atom. The Balaban J connectivity index is 2.42. The van der Waals surface area contributed by atoms with Crippen LogP contribution < -0.4 is 10.6 Å². The van der Waals surface area contributed by atoms with Crippen LogP contribution in [0.5, 0.6) is 0 Å². The van der Waals surface area contributed by atoms with E-state index in [0.29, 0.717) is 23.8 Å². The van der Waals surface area contributed by atoms with Crippen LogP contribution in [-0.4, -0.2) is 32.9 Å². The van der Waals surface area contributed by atoms with Crippen molar-refractivity contribution in [2.24, 2.45) is 7.05 Å². The number of anilines is 2. The van der Waals surface area contributed by atoms with Crippen LogP contribution in [0.4, 0.5) is 11.6 Å². The Morgan fingerprint density at radius 2 is 2.21 bits per heavy atom. The van der Waals surface area contributed by atoms with E-state index in [1.165, 1.54) is 0 Å². The van der Waals surface area contributed by atoms with Gasteiger partial charge in [-0.2, -0.15) is 0 Å². The van der Waals surface area contributed by atoms with Crippen molar-refractivity contribution in [1.29, 1.82) is 0 Å². The van der Waals surface area contributed by atoms with Crippen molar-refractivity contribution in [2.45, 2.75) is 26.0 Å². The Labute approximate surface area is 143 Å². The fourth-order valence-electron chi connectivity index (χ4n) is 2.60. The normalized spacial score (nSPS) is 12.5. The number of aromatic nitrogens is 3. The van der Waals surface area contributed by atoms with Gasteiger partial charge in [-0.25, -0.2) is 9.97 Å². The number of allylic oxidation sites excluding steroid dienone is 1. The molecule has 1 atom stereocenters. The van der Waals surface area contributed by atoms with Gasteiger partial charge in [0.05, 0.1) is 5.56 Å². The van der Waals surface area contributed by atoms with Crippen molar-refractivity contribution < 1.29 is 5.11 Å². The van der Waals surface area contributed by atoms with E-state index >= 15 is 0 Å². The number of aliphatic hydroxyl groups is 1. The number of hydrogen-bond donors (Lipinski definition) is 2. The Bertz CT molecular complexity index is 735. The summed E-state index contributed by atoms with van der Waals surface area (Å²) in [5.41, 5.74) is 7.42. The lowest BCUT2D eigenvalue weighted by molar-refractivity contribution is 0.176. The summed E-state index contributed by atoms with van der Waals surface area (Å²) < 4.78 is 1.90. The predicted octanol–water partition coefficient (Wildman–Crippen LogP) is 2.82. The van der Waals surface area contributed by atoms with Crippen LogP contribution in [0, 0.1) is 0 Å². The van der Waals surface area contributed by atoms with Crippen LogP contribution in [0.1, 0.15) is 25.5 Å². The van der Waals surface area contributed by atoms with Gasteiger partial charge in [-0.3, -0.25) is 0 Å². The number of nitrogens with two attached hydrogens (primary N) is 1. The first-order valence-corrected chi connectivity index (χ1v) is 7.97. The minimum absolute atomic E-state index is 0.418. The van der Waals surface area contributed by atoms with Crippen LogP contribution in [0.3, 0.4) is 0 Å².